The van der Waals surface area contributed by atoms with Gasteiger partial charge in [0.1, 0.15) is 5.75 Å². The van der Waals surface area contributed by atoms with Crippen molar-refractivity contribution in [2.24, 2.45) is 0 Å². The van der Waals surface area contributed by atoms with Gasteiger partial charge in [0, 0.05) is 22.3 Å². The van der Waals surface area contributed by atoms with Gasteiger partial charge < -0.3 is 35.8 Å². The third-order valence-electron chi connectivity index (χ3n) is 4.39. The summed E-state index contributed by atoms with van der Waals surface area (Å²) in [5, 5.41) is 41.8. The fraction of sp³-hybridized carbons (Fsp3) is 0.600. The van der Waals surface area contributed by atoms with E-state index < -0.39 is 50.3 Å². The lowest BCUT2D eigenvalue weighted by Gasteiger charge is -2.23. The Morgan fingerprint density at radius 2 is 1.07 bits per heavy atom. The first-order valence-electron chi connectivity index (χ1n) is 9.50. The second-order valence-corrected chi connectivity index (χ2v) is 6.23. The van der Waals surface area contributed by atoms with Crippen LogP contribution in [-0.4, -0.2) is 77.9 Å². The third-order valence-corrected chi connectivity index (χ3v) is 4.39. The zero-order valence-electron chi connectivity index (χ0n) is 18.0. The van der Waals surface area contributed by atoms with Crippen molar-refractivity contribution in [3.8, 4) is 5.75 Å². The van der Waals surface area contributed by atoms with Gasteiger partial charge in [-0.1, -0.05) is 13.8 Å². The normalized spacial score (nSPS) is 10.5. The maximum Gasteiger partial charge on any atom is 0.252 e. The Kier molecular flexibility index (Phi) is 12.1. The molecule has 2 amide bonds. The largest absolute Gasteiger partial charge is 0.496 e. The van der Waals surface area contributed by atoms with E-state index in [4.69, 9.17) is 4.74 Å². The summed E-state index contributed by atoms with van der Waals surface area (Å²) in [5.74, 6) is -0.775. The summed E-state index contributed by atoms with van der Waals surface area (Å²) in [7, 11) is 1.42. The average Bonchev–Trinajstić information content (AvgIpc) is 2.71. The minimum Gasteiger partial charge on any atom is -0.496 e. The van der Waals surface area contributed by atoms with Crippen molar-refractivity contribution in [1.29, 1.82) is 0 Å². The van der Waals surface area contributed by atoms with Gasteiger partial charge in [-0.15, -0.1) is 0 Å². The molecule has 1 rings (SSSR count). The van der Waals surface area contributed by atoms with Crippen LogP contribution in [-0.2, 0) is 0 Å². The Balaban J connectivity index is 0.00000379. The van der Waals surface area contributed by atoms with Gasteiger partial charge in [-0.2, -0.15) is 0 Å². The van der Waals surface area contributed by atoms with Gasteiger partial charge in [0.2, 0.25) is 0 Å². The topological polar surface area (TPSA) is 148 Å². The molecule has 9 heteroatoms. The molecule has 0 unspecified atom stereocenters. The van der Waals surface area contributed by atoms with Gasteiger partial charge >= 0.3 is 0 Å². The standard InChI is InChI=1S/C18H28N2O7.C2H6/c1-9-14(17(25)19-12(5-21)6-22)10(2)16(27-4)11(3)15(9)18(26)20-13(7-23)8-24;1-2/h12-13,21-24H,5-8H2,1-4H3,(H,19,25)(H,20,26);1-2H3. The molecule has 1 aromatic rings. The fourth-order valence-electron chi connectivity index (χ4n) is 3.00. The van der Waals surface area contributed by atoms with Crippen LogP contribution in [0.25, 0.3) is 0 Å². The third kappa shape index (κ3) is 6.40. The molecule has 0 bridgehead atoms. The highest BCUT2D eigenvalue weighted by Crippen LogP contribution is 2.33. The van der Waals surface area contributed by atoms with E-state index in [1.54, 1.807) is 20.8 Å². The molecule has 0 aliphatic heterocycles. The number of amides is 2. The number of benzene rings is 1. The zero-order valence-corrected chi connectivity index (χ0v) is 18.0. The monoisotopic (exact) mass is 414 g/mol. The van der Waals surface area contributed by atoms with E-state index in [1.807, 2.05) is 13.8 Å². The number of carbonyl (C=O) groups is 2. The maximum absolute atomic E-state index is 12.7. The summed E-state index contributed by atoms with van der Waals surface area (Å²) in [5.41, 5.74) is 1.79. The van der Waals surface area contributed by atoms with E-state index in [-0.39, 0.29) is 11.1 Å². The molecule has 166 valence electrons. The van der Waals surface area contributed by atoms with Crippen LogP contribution >= 0.6 is 0 Å². The van der Waals surface area contributed by atoms with Gasteiger partial charge in [-0.3, -0.25) is 9.59 Å². The van der Waals surface area contributed by atoms with Crippen molar-refractivity contribution in [2.75, 3.05) is 33.5 Å². The number of hydrogen-bond acceptors (Lipinski definition) is 7. The lowest BCUT2D eigenvalue weighted by molar-refractivity contribution is 0.0874. The van der Waals surface area contributed by atoms with Crippen LogP contribution in [0.4, 0.5) is 0 Å². The SMILES string of the molecule is CC.COc1c(C)c(C(=O)NC(CO)CO)c(C)c(C(=O)NC(CO)CO)c1C. The zero-order chi connectivity index (χ0) is 22.7. The molecule has 0 radical (unpaired) electrons. The highest BCUT2D eigenvalue weighted by molar-refractivity contribution is 6.05. The number of ether oxygens (including phenoxy) is 1. The molecule has 0 atom stereocenters. The minimum atomic E-state index is -0.839. The molecule has 9 nitrogen and oxygen atoms in total. The summed E-state index contributed by atoms with van der Waals surface area (Å²) in [6, 6.07) is -1.68. The van der Waals surface area contributed by atoms with E-state index >= 15 is 0 Å². The van der Waals surface area contributed by atoms with Crippen LogP contribution < -0.4 is 15.4 Å². The average molecular weight is 414 g/mol. The van der Waals surface area contributed by atoms with Crippen LogP contribution in [0.5, 0.6) is 5.75 Å². The van der Waals surface area contributed by atoms with Crippen molar-refractivity contribution in [3.63, 3.8) is 0 Å². The van der Waals surface area contributed by atoms with Crippen molar-refractivity contribution in [2.45, 2.75) is 46.7 Å². The lowest BCUT2D eigenvalue weighted by Crippen LogP contribution is -2.42. The van der Waals surface area contributed by atoms with Crippen molar-refractivity contribution in [1.82, 2.24) is 10.6 Å². The summed E-state index contributed by atoms with van der Waals surface area (Å²) >= 11 is 0. The Hall–Kier alpha value is -2.20. The number of methoxy groups -OCH3 is 1. The highest BCUT2D eigenvalue weighted by atomic mass is 16.5. The fourth-order valence-corrected chi connectivity index (χ4v) is 3.00. The first kappa shape index (κ1) is 26.8. The Bertz CT molecular complexity index is 631. The molecular weight excluding hydrogens is 380 g/mol. The predicted molar refractivity (Wildman–Crippen MR) is 109 cm³/mol. The molecule has 29 heavy (non-hydrogen) atoms. The van der Waals surface area contributed by atoms with E-state index in [0.29, 0.717) is 22.4 Å². The van der Waals surface area contributed by atoms with Gasteiger partial charge in [-0.05, 0) is 26.3 Å². The van der Waals surface area contributed by atoms with Gasteiger partial charge in [0.05, 0.1) is 45.6 Å². The second-order valence-electron chi connectivity index (χ2n) is 6.23. The van der Waals surface area contributed by atoms with E-state index in [1.165, 1.54) is 7.11 Å². The number of nitrogens with one attached hydrogen (secondary N) is 2. The molecule has 0 aromatic heterocycles. The number of carbonyl (C=O) groups excluding carboxylic acids is 2. The minimum absolute atomic E-state index is 0.194. The van der Waals surface area contributed by atoms with Gasteiger partial charge in [0.25, 0.3) is 11.8 Å². The quantitative estimate of drug-likeness (QED) is 0.328. The van der Waals surface area contributed by atoms with Crippen LogP contribution in [0.2, 0.25) is 0 Å². The number of hydrogen-bond donors (Lipinski definition) is 6. The molecule has 0 aliphatic rings. The molecule has 0 saturated heterocycles. The maximum atomic E-state index is 12.7. The number of aliphatic hydroxyl groups is 4. The van der Waals surface area contributed by atoms with Gasteiger partial charge in [-0.25, -0.2) is 0 Å². The molecule has 0 spiro atoms. The Labute approximate surface area is 171 Å². The van der Waals surface area contributed by atoms with Crippen LogP contribution in [0.1, 0.15) is 51.3 Å². The Morgan fingerprint density at radius 3 is 1.31 bits per heavy atom. The molecule has 1 aromatic carbocycles. The number of aliphatic hydroxyl groups excluding tert-OH is 4. The van der Waals surface area contributed by atoms with Crippen LogP contribution in [0.15, 0.2) is 0 Å². The summed E-state index contributed by atoms with van der Waals surface area (Å²) in [4.78, 5) is 25.4. The lowest BCUT2D eigenvalue weighted by atomic mass is 9.90. The summed E-state index contributed by atoms with van der Waals surface area (Å²) < 4.78 is 5.37. The van der Waals surface area contributed by atoms with Crippen molar-refractivity contribution < 1.29 is 34.8 Å². The van der Waals surface area contributed by atoms with Gasteiger partial charge in [0.15, 0.2) is 0 Å². The highest BCUT2D eigenvalue weighted by Gasteiger charge is 2.27. The van der Waals surface area contributed by atoms with Crippen molar-refractivity contribution >= 4 is 11.8 Å². The molecule has 0 saturated carbocycles. The summed E-state index contributed by atoms with van der Waals surface area (Å²) in [6.07, 6.45) is 0. The summed E-state index contributed by atoms with van der Waals surface area (Å²) in [6.45, 7) is 7.19. The van der Waals surface area contributed by atoms with Crippen LogP contribution in [0, 0.1) is 20.8 Å². The predicted octanol–water partition coefficient (Wildman–Crippen LogP) is -0.187. The second kappa shape index (κ2) is 13.1. The molecule has 0 aliphatic carbocycles. The number of rotatable bonds is 9. The molecule has 0 heterocycles. The van der Waals surface area contributed by atoms with Crippen LogP contribution in [0.3, 0.4) is 0 Å². The molecular formula is C20H34N2O7. The first-order chi connectivity index (χ1) is 13.8. The molecule has 6 N–H and O–H groups in total. The smallest absolute Gasteiger partial charge is 0.252 e. The Morgan fingerprint density at radius 1 is 0.759 bits per heavy atom. The van der Waals surface area contributed by atoms with E-state index in [0.717, 1.165) is 0 Å². The van der Waals surface area contributed by atoms with E-state index in [2.05, 4.69) is 10.6 Å². The molecule has 0 fully saturated rings. The van der Waals surface area contributed by atoms with Crippen molar-refractivity contribution in [3.05, 3.63) is 27.8 Å². The van der Waals surface area contributed by atoms with E-state index in [9.17, 15) is 30.0 Å². The first-order valence-corrected chi connectivity index (χ1v) is 9.50.